The third kappa shape index (κ3) is 1.68. The van der Waals surface area contributed by atoms with Gasteiger partial charge in [-0.25, -0.2) is 0 Å². The number of hydrogen-bond donors (Lipinski definition) is 0. The number of furan rings is 1. The van der Waals surface area contributed by atoms with E-state index in [-0.39, 0.29) is 11.5 Å². The number of rotatable bonds is 2. The molecule has 0 amide bonds. The van der Waals surface area contributed by atoms with Crippen LogP contribution in [0, 0.1) is 0 Å². The SMILES string of the molecule is O=Cc1ccc(-c2cccc3c2C(=O)CCC3)o1. The summed E-state index contributed by atoms with van der Waals surface area (Å²) in [5.74, 6) is 1.03. The zero-order valence-electron chi connectivity index (χ0n) is 9.81. The second-order valence-corrected chi connectivity index (χ2v) is 4.44. The monoisotopic (exact) mass is 240 g/mol. The summed E-state index contributed by atoms with van der Waals surface area (Å²) in [5.41, 5.74) is 2.63. The minimum absolute atomic E-state index is 0.163. The van der Waals surface area contributed by atoms with Crippen molar-refractivity contribution in [3.05, 3.63) is 47.2 Å². The van der Waals surface area contributed by atoms with Crippen LogP contribution in [0.5, 0.6) is 0 Å². The standard InChI is InChI=1S/C15H12O3/c16-9-11-7-8-14(18-11)12-5-1-3-10-4-2-6-13(17)15(10)12/h1,3,5,7-9H,2,4,6H2. The van der Waals surface area contributed by atoms with Gasteiger partial charge in [-0.1, -0.05) is 18.2 Å². The van der Waals surface area contributed by atoms with E-state index in [2.05, 4.69) is 0 Å². The number of benzene rings is 1. The molecule has 0 spiro atoms. The molecule has 1 heterocycles. The van der Waals surface area contributed by atoms with Crippen LogP contribution in [0.3, 0.4) is 0 Å². The number of fused-ring (bicyclic) bond motifs is 1. The van der Waals surface area contributed by atoms with Crippen molar-refractivity contribution in [2.75, 3.05) is 0 Å². The lowest BCUT2D eigenvalue weighted by Gasteiger charge is -2.17. The summed E-state index contributed by atoms with van der Waals surface area (Å²) in [5, 5.41) is 0. The molecule has 3 nitrogen and oxygen atoms in total. The highest BCUT2D eigenvalue weighted by Crippen LogP contribution is 2.32. The van der Waals surface area contributed by atoms with Crippen LogP contribution in [0.4, 0.5) is 0 Å². The molecule has 2 aromatic rings. The normalized spacial score (nSPS) is 14.3. The molecule has 3 rings (SSSR count). The zero-order chi connectivity index (χ0) is 12.5. The quantitative estimate of drug-likeness (QED) is 0.757. The highest BCUT2D eigenvalue weighted by atomic mass is 16.3. The van der Waals surface area contributed by atoms with Gasteiger partial charge in [-0.05, 0) is 30.5 Å². The molecule has 0 radical (unpaired) electrons. The maximum Gasteiger partial charge on any atom is 0.185 e. The van der Waals surface area contributed by atoms with Crippen molar-refractivity contribution in [2.45, 2.75) is 19.3 Å². The van der Waals surface area contributed by atoms with Crippen LogP contribution in [-0.4, -0.2) is 12.1 Å². The Morgan fingerprint density at radius 2 is 2.00 bits per heavy atom. The third-order valence-electron chi connectivity index (χ3n) is 3.29. The Morgan fingerprint density at radius 1 is 1.11 bits per heavy atom. The van der Waals surface area contributed by atoms with Crippen LogP contribution >= 0.6 is 0 Å². The van der Waals surface area contributed by atoms with Gasteiger partial charge in [0, 0.05) is 17.5 Å². The molecule has 0 N–H and O–H groups in total. The van der Waals surface area contributed by atoms with E-state index in [1.807, 2.05) is 18.2 Å². The molecule has 0 bridgehead atoms. The van der Waals surface area contributed by atoms with Gasteiger partial charge in [0.15, 0.2) is 17.8 Å². The fourth-order valence-electron chi connectivity index (χ4n) is 2.47. The molecular weight excluding hydrogens is 228 g/mol. The molecule has 0 unspecified atom stereocenters. The van der Waals surface area contributed by atoms with Crippen LogP contribution in [-0.2, 0) is 6.42 Å². The summed E-state index contributed by atoms with van der Waals surface area (Å²) in [6.45, 7) is 0. The Balaban J connectivity index is 2.17. The van der Waals surface area contributed by atoms with Gasteiger partial charge in [-0.3, -0.25) is 9.59 Å². The molecule has 1 aliphatic carbocycles. The number of carbonyl (C=O) groups excluding carboxylic acids is 2. The Labute approximate surface area is 104 Å². The maximum atomic E-state index is 12.0. The van der Waals surface area contributed by atoms with Crippen molar-refractivity contribution in [2.24, 2.45) is 0 Å². The predicted octanol–water partition coefficient (Wildman–Crippen LogP) is 3.28. The van der Waals surface area contributed by atoms with Crippen LogP contribution < -0.4 is 0 Å². The van der Waals surface area contributed by atoms with Gasteiger partial charge < -0.3 is 4.42 Å². The van der Waals surface area contributed by atoms with E-state index in [0.29, 0.717) is 18.5 Å². The number of aldehydes is 1. The van der Waals surface area contributed by atoms with Gasteiger partial charge in [0.2, 0.25) is 0 Å². The molecule has 0 aliphatic heterocycles. The van der Waals surface area contributed by atoms with Gasteiger partial charge in [-0.2, -0.15) is 0 Å². The average Bonchev–Trinajstić information content (AvgIpc) is 2.87. The first-order chi connectivity index (χ1) is 8.79. The second-order valence-electron chi connectivity index (χ2n) is 4.44. The number of aryl methyl sites for hydroxylation is 1. The number of hydrogen-bond acceptors (Lipinski definition) is 3. The number of ketones is 1. The molecule has 0 saturated heterocycles. The molecular formula is C15H12O3. The molecule has 1 aromatic heterocycles. The lowest BCUT2D eigenvalue weighted by atomic mass is 9.86. The lowest BCUT2D eigenvalue weighted by molar-refractivity contribution is 0.0973. The summed E-state index contributed by atoms with van der Waals surface area (Å²) < 4.78 is 5.41. The highest BCUT2D eigenvalue weighted by Gasteiger charge is 2.22. The van der Waals surface area contributed by atoms with Gasteiger partial charge >= 0.3 is 0 Å². The molecule has 0 atom stereocenters. The summed E-state index contributed by atoms with van der Waals surface area (Å²) in [4.78, 5) is 22.7. The van der Waals surface area contributed by atoms with E-state index < -0.39 is 0 Å². The van der Waals surface area contributed by atoms with Crippen LogP contribution in [0.2, 0.25) is 0 Å². The Morgan fingerprint density at radius 3 is 2.78 bits per heavy atom. The summed E-state index contributed by atoms with van der Waals surface area (Å²) >= 11 is 0. The third-order valence-corrected chi connectivity index (χ3v) is 3.29. The summed E-state index contributed by atoms with van der Waals surface area (Å²) in [7, 11) is 0. The van der Waals surface area contributed by atoms with Gasteiger partial charge in [0.1, 0.15) is 5.76 Å². The minimum Gasteiger partial charge on any atom is -0.453 e. The Bertz CT molecular complexity index is 622. The van der Waals surface area contributed by atoms with E-state index in [1.54, 1.807) is 12.1 Å². The Kier molecular flexibility index (Phi) is 2.59. The largest absolute Gasteiger partial charge is 0.453 e. The van der Waals surface area contributed by atoms with Gasteiger partial charge in [0.05, 0.1) is 0 Å². The predicted molar refractivity (Wildman–Crippen MR) is 66.8 cm³/mol. The average molecular weight is 240 g/mol. The van der Waals surface area contributed by atoms with Crippen molar-refractivity contribution >= 4 is 12.1 Å². The van der Waals surface area contributed by atoms with Crippen molar-refractivity contribution in [1.82, 2.24) is 0 Å². The minimum atomic E-state index is 0.163. The first-order valence-electron chi connectivity index (χ1n) is 6.00. The van der Waals surface area contributed by atoms with Crippen molar-refractivity contribution < 1.29 is 14.0 Å². The van der Waals surface area contributed by atoms with E-state index >= 15 is 0 Å². The van der Waals surface area contributed by atoms with Crippen LogP contribution in [0.15, 0.2) is 34.7 Å². The molecule has 1 aliphatic rings. The van der Waals surface area contributed by atoms with Crippen molar-refractivity contribution in [3.63, 3.8) is 0 Å². The first kappa shape index (κ1) is 11.0. The lowest BCUT2D eigenvalue weighted by Crippen LogP contribution is -2.12. The van der Waals surface area contributed by atoms with E-state index in [0.717, 1.165) is 29.5 Å². The van der Waals surface area contributed by atoms with E-state index in [4.69, 9.17) is 4.42 Å². The fourth-order valence-corrected chi connectivity index (χ4v) is 2.47. The second kappa shape index (κ2) is 4.26. The van der Waals surface area contributed by atoms with Crippen LogP contribution in [0.25, 0.3) is 11.3 Å². The van der Waals surface area contributed by atoms with E-state index in [9.17, 15) is 9.59 Å². The van der Waals surface area contributed by atoms with Crippen molar-refractivity contribution in [1.29, 1.82) is 0 Å². The molecule has 90 valence electrons. The molecule has 3 heteroatoms. The smallest absolute Gasteiger partial charge is 0.185 e. The van der Waals surface area contributed by atoms with Gasteiger partial charge in [0.25, 0.3) is 0 Å². The highest BCUT2D eigenvalue weighted by molar-refractivity contribution is 6.04. The number of carbonyl (C=O) groups is 2. The summed E-state index contributed by atoms with van der Waals surface area (Å²) in [6.07, 6.45) is 3.09. The topological polar surface area (TPSA) is 47.3 Å². The number of Topliss-reactive ketones (excluding diaryl/α,β-unsaturated/α-hetero) is 1. The summed E-state index contributed by atoms with van der Waals surface area (Å²) in [6, 6.07) is 9.14. The van der Waals surface area contributed by atoms with Crippen LogP contribution in [0.1, 0.15) is 39.3 Å². The molecule has 0 saturated carbocycles. The zero-order valence-corrected chi connectivity index (χ0v) is 9.81. The fraction of sp³-hybridized carbons (Fsp3) is 0.200. The first-order valence-corrected chi connectivity index (χ1v) is 6.00. The maximum absolute atomic E-state index is 12.0. The van der Waals surface area contributed by atoms with Gasteiger partial charge in [-0.15, -0.1) is 0 Å². The Hall–Kier alpha value is -2.16. The molecule has 1 aromatic carbocycles. The molecule has 0 fully saturated rings. The van der Waals surface area contributed by atoms with Crippen molar-refractivity contribution in [3.8, 4) is 11.3 Å². The molecule has 18 heavy (non-hydrogen) atoms. The van der Waals surface area contributed by atoms with E-state index in [1.165, 1.54) is 0 Å².